The highest BCUT2D eigenvalue weighted by molar-refractivity contribution is 6.20. The van der Waals surface area contributed by atoms with Gasteiger partial charge in [0.2, 0.25) is 0 Å². The van der Waals surface area contributed by atoms with Gasteiger partial charge in [-0.2, -0.15) is 0 Å². The van der Waals surface area contributed by atoms with E-state index in [-0.39, 0.29) is 0 Å². The molecule has 0 aliphatic heterocycles. The molecule has 1 fully saturated rings. The molecule has 1 saturated carbocycles. The first kappa shape index (κ1) is 12.4. The summed E-state index contributed by atoms with van der Waals surface area (Å²) >= 11 is 6.31. The zero-order valence-corrected chi connectivity index (χ0v) is 10.5. The lowest BCUT2D eigenvalue weighted by atomic mass is 9.93. The maximum atomic E-state index is 6.31. The van der Waals surface area contributed by atoms with E-state index in [9.17, 15) is 0 Å². The Bertz CT molecular complexity index is 140. The largest absolute Gasteiger partial charge is 0.123 e. The van der Waals surface area contributed by atoms with E-state index in [1.807, 2.05) is 0 Å². The van der Waals surface area contributed by atoms with Crippen LogP contribution in [-0.4, -0.2) is 5.38 Å². The summed E-state index contributed by atoms with van der Waals surface area (Å²) in [5.74, 6) is 1.82. The van der Waals surface area contributed by atoms with Crippen LogP contribution in [0.3, 0.4) is 0 Å². The van der Waals surface area contributed by atoms with Gasteiger partial charge < -0.3 is 0 Å². The van der Waals surface area contributed by atoms with Crippen LogP contribution in [-0.2, 0) is 0 Å². The Balaban J connectivity index is 2.06. The van der Waals surface area contributed by atoms with Crippen molar-refractivity contribution in [2.24, 2.45) is 11.8 Å². The van der Waals surface area contributed by atoms with E-state index in [4.69, 9.17) is 11.6 Å². The van der Waals surface area contributed by atoms with Gasteiger partial charge in [0.15, 0.2) is 0 Å². The van der Waals surface area contributed by atoms with E-state index < -0.39 is 0 Å². The maximum Gasteiger partial charge on any atom is 0.0364 e. The molecule has 0 spiro atoms. The van der Waals surface area contributed by atoms with Gasteiger partial charge >= 0.3 is 0 Å². The minimum Gasteiger partial charge on any atom is -0.123 e. The van der Waals surface area contributed by atoms with Gasteiger partial charge in [0.25, 0.3) is 0 Å². The second kappa shape index (κ2) is 6.71. The number of alkyl halides is 1. The van der Waals surface area contributed by atoms with E-state index in [0.717, 1.165) is 11.8 Å². The Hall–Kier alpha value is 0.290. The molecule has 0 aromatic carbocycles. The highest BCUT2D eigenvalue weighted by atomic mass is 35.5. The Morgan fingerprint density at radius 3 is 2.36 bits per heavy atom. The van der Waals surface area contributed by atoms with E-state index in [0.29, 0.717) is 5.38 Å². The second-order valence-corrected chi connectivity index (χ2v) is 5.41. The topological polar surface area (TPSA) is 0 Å². The van der Waals surface area contributed by atoms with Gasteiger partial charge in [0.05, 0.1) is 0 Å². The Kier molecular flexibility index (Phi) is 5.93. The maximum absolute atomic E-state index is 6.31. The number of unbranched alkanes of at least 4 members (excludes halogenated alkanes) is 1. The molecule has 2 unspecified atom stereocenters. The monoisotopic (exact) mass is 216 g/mol. The molecule has 0 aromatic heterocycles. The number of hydrogen-bond donors (Lipinski definition) is 0. The molecule has 0 N–H and O–H groups in total. The smallest absolute Gasteiger partial charge is 0.0364 e. The van der Waals surface area contributed by atoms with Gasteiger partial charge in [-0.25, -0.2) is 0 Å². The van der Waals surface area contributed by atoms with Crippen LogP contribution in [0.5, 0.6) is 0 Å². The predicted octanol–water partition coefficient (Wildman–Crippen LogP) is 5.00. The van der Waals surface area contributed by atoms with Crippen LogP contribution in [0.1, 0.15) is 65.2 Å². The fourth-order valence-electron chi connectivity index (χ4n) is 2.13. The molecule has 14 heavy (non-hydrogen) atoms. The van der Waals surface area contributed by atoms with Gasteiger partial charge in [-0.05, 0) is 37.5 Å². The fourth-order valence-corrected chi connectivity index (χ4v) is 2.51. The van der Waals surface area contributed by atoms with Gasteiger partial charge in [-0.15, -0.1) is 11.6 Å². The molecule has 0 radical (unpaired) electrons. The quantitative estimate of drug-likeness (QED) is 0.501. The molecule has 84 valence electrons. The lowest BCUT2D eigenvalue weighted by molar-refractivity contribution is 0.401. The summed E-state index contributed by atoms with van der Waals surface area (Å²) < 4.78 is 0. The summed E-state index contributed by atoms with van der Waals surface area (Å²) in [6.07, 6.45) is 10.9. The van der Waals surface area contributed by atoms with Crippen LogP contribution in [0.15, 0.2) is 0 Å². The zero-order valence-electron chi connectivity index (χ0n) is 9.77. The van der Waals surface area contributed by atoms with Crippen molar-refractivity contribution in [2.75, 3.05) is 0 Å². The first-order valence-corrected chi connectivity index (χ1v) is 6.85. The molecular weight excluding hydrogens is 192 g/mol. The molecule has 0 amide bonds. The van der Waals surface area contributed by atoms with Crippen molar-refractivity contribution in [1.82, 2.24) is 0 Å². The van der Waals surface area contributed by atoms with E-state index >= 15 is 0 Å². The van der Waals surface area contributed by atoms with Crippen LogP contribution in [0, 0.1) is 11.8 Å². The van der Waals surface area contributed by atoms with Crippen LogP contribution in [0.2, 0.25) is 0 Å². The molecule has 1 aliphatic carbocycles. The summed E-state index contributed by atoms with van der Waals surface area (Å²) in [5, 5.41) is 0.491. The third-order valence-corrected chi connectivity index (χ3v) is 4.10. The Morgan fingerprint density at radius 1 is 1.14 bits per heavy atom. The standard InChI is InChI=1S/C13H25Cl/c1-3-5-6-11(4-2)7-10-13(14)12-8-9-12/h11-13H,3-10H2,1-2H3. The summed E-state index contributed by atoms with van der Waals surface area (Å²) in [5.41, 5.74) is 0. The molecule has 1 heteroatoms. The highest BCUT2D eigenvalue weighted by Gasteiger charge is 2.29. The first-order valence-electron chi connectivity index (χ1n) is 6.42. The molecule has 2 atom stereocenters. The fraction of sp³-hybridized carbons (Fsp3) is 1.00. The molecule has 0 nitrogen and oxygen atoms in total. The van der Waals surface area contributed by atoms with E-state index in [2.05, 4.69) is 13.8 Å². The lowest BCUT2D eigenvalue weighted by Crippen LogP contribution is -2.06. The lowest BCUT2D eigenvalue weighted by Gasteiger charge is -2.16. The molecule has 0 aromatic rings. The van der Waals surface area contributed by atoms with Crippen molar-refractivity contribution in [1.29, 1.82) is 0 Å². The van der Waals surface area contributed by atoms with Crippen molar-refractivity contribution in [3.8, 4) is 0 Å². The van der Waals surface area contributed by atoms with Gasteiger partial charge in [0.1, 0.15) is 0 Å². The molecular formula is C13H25Cl. The van der Waals surface area contributed by atoms with Crippen LogP contribution in [0.25, 0.3) is 0 Å². The summed E-state index contributed by atoms with van der Waals surface area (Å²) in [7, 11) is 0. The van der Waals surface area contributed by atoms with E-state index in [1.165, 1.54) is 51.4 Å². The minimum absolute atomic E-state index is 0.491. The molecule has 0 heterocycles. The molecule has 1 aliphatic rings. The van der Waals surface area contributed by atoms with Gasteiger partial charge in [-0.1, -0.05) is 39.5 Å². The first-order chi connectivity index (χ1) is 6.77. The van der Waals surface area contributed by atoms with Crippen molar-refractivity contribution >= 4 is 11.6 Å². The second-order valence-electron chi connectivity index (χ2n) is 4.85. The van der Waals surface area contributed by atoms with Crippen molar-refractivity contribution in [3.05, 3.63) is 0 Å². The van der Waals surface area contributed by atoms with Crippen molar-refractivity contribution < 1.29 is 0 Å². The van der Waals surface area contributed by atoms with Gasteiger partial charge in [-0.3, -0.25) is 0 Å². The summed E-state index contributed by atoms with van der Waals surface area (Å²) in [6, 6.07) is 0. The Morgan fingerprint density at radius 2 is 1.86 bits per heavy atom. The predicted molar refractivity (Wildman–Crippen MR) is 64.9 cm³/mol. The number of rotatable bonds is 8. The van der Waals surface area contributed by atoms with E-state index in [1.54, 1.807) is 0 Å². The molecule has 1 rings (SSSR count). The normalized spacial score (nSPS) is 20.8. The SMILES string of the molecule is CCCCC(CC)CCC(Cl)C1CC1. The average molecular weight is 217 g/mol. The molecule has 0 saturated heterocycles. The van der Waals surface area contributed by atoms with Crippen LogP contribution < -0.4 is 0 Å². The average Bonchev–Trinajstić information content (AvgIpc) is 3.01. The zero-order chi connectivity index (χ0) is 10.4. The van der Waals surface area contributed by atoms with Crippen molar-refractivity contribution in [3.63, 3.8) is 0 Å². The summed E-state index contributed by atoms with van der Waals surface area (Å²) in [4.78, 5) is 0. The molecule has 0 bridgehead atoms. The third kappa shape index (κ3) is 4.68. The minimum atomic E-state index is 0.491. The van der Waals surface area contributed by atoms with Gasteiger partial charge in [0, 0.05) is 5.38 Å². The van der Waals surface area contributed by atoms with Crippen LogP contribution >= 0.6 is 11.6 Å². The Labute approximate surface area is 94.4 Å². The number of halogens is 1. The third-order valence-electron chi connectivity index (χ3n) is 3.53. The number of hydrogen-bond acceptors (Lipinski definition) is 0. The highest BCUT2D eigenvalue weighted by Crippen LogP contribution is 2.38. The summed E-state index contributed by atoms with van der Waals surface area (Å²) in [6.45, 7) is 4.60. The van der Waals surface area contributed by atoms with Crippen LogP contribution in [0.4, 0.5) is 0 Å². The van der Waals surface area contributed by atoms with Crippen molar-refractivity contribution in [2.45, 2.75) is 70.6 Å².